The van der Waals surface area contributed by atoms with Gasteiger partial charge in [-0.1, -0.05) is 38.0 Å². The van der Waals surface area contributed by atoms with E-state index < -0.39 is 10.0 Å². The summed E-state index contributed by atoms with van der Waals surface area (Å²) >= 11 is 1.52. The van der Waals surface area contributed by atoms with Gasteiger partial charge in [0, 0.05) is 31.4 Å². The summed E-state index contributed by atoms with van der Waals surface area (Å²) in [4.78, 5) is 15.0. The lowest BCUT2D eigenvalue weighted by molar-refractivity contribution is -0.151. The second-order valence-electron chi connectivity index (χ2n) is 9.17. The molecular formula is C26H34N2O5S2. The zero-order valence-corrected chi connectivity index (χ0v) is 22.4. The third-order valence-corrected chi connectivity index (χ3v) is 9.68. The summed E-state index contributed by atoms with van der Waals surface area (Å²) in [5, 5.41) is 0. The van der Waals surface area contributed by atoms with E-state index in [1.54, 1.807) is 13.1 Å². The fraction of sp³-hybridized carbons (Fsp3) is 0.500. The predicted molar refractivity (Wildman–Crippen MR) is 139 cm³/mol. The molecule has 1 aliphatic carbocycles. The Morgan fingerprint density at radius 1 is 1.17 bits per heavy atom. The number of carbonyl (C=O) groups is 1. The smallest absolute Gasteiger partial charge is 0.308 e. The summed E-state index contributed by atoms with van der Waals surface area (Å²) in [5.41, 5.74) is 1.63. The van der Waals surface area contributed by atoms with Crippen LogP contribution in [-0.2, 0) is 19.6 Å². The summed E-state index contributed by atoms with van der Waals surface area (Å²) in [6, 6.07) is 13.4. The van der Waals surface area contributed by atoms with Crippen molar-refractivity contribution in [1.82, 2.24) is 4.31 Å². The monoisotopic (exact) mass is 518 g/mol. The Labute approximate surface area is 212 Å². The molecule has 0 radical (unpaired) electrons. The zero-order valence-electron chi connectivity index (χ0n) is 20.8. The number of sulfonamides is 1. The number of anilines is 2. The van der Waals surface area contributed by atoms with Crippen LogP contribution >= 0.6 is 11.8 Å². The highest BCUT2D eigenvalue weighted by atomic mass is 32.2. The van der Waals surface area contributed by atoms with E-state index in [9.17, 15) is 13.2 Å². The molecular weight excluding hydrogens is 484 g/mol. The standard InChI is InChI=1S/C26H34N2O5S2/c1-5-6-10-20-17-28(19-11-8-7-9-12-19)22-15-24(34-4)23(16-25(22)35(30,31)27(20)2)33-21-13-18(14-21)26(29)32-3/h7-9,11-12,15-16,18,20-21H,5-6,10,13-14,17H2,1-4H3. The fourth-order valence-electron chi connectivity index (χ4n) is 4.74. The molecule has 0 saturated heterocycles. The highest BCUT2D eigenvalue weighted by Gasteiger charge is 2.40. The number of nitrogens with zero attached hydrogens (tertiary/aromatic N) is 2. The van der Waals surface area contributed by atoms with Crippen LogP contribution in [-0.4, -0.2) is 57.8 Å². The van der Waals surface area contributed by atoms with Crippen molar-refractivity contribution in [3.63, 3.8) is 0 Å². The third kappa shape index (κ3) is 5.17. The van der Waals surface area contributed by atoms with E-state index in [-0.39, 0.29) is 28.9 Å². The summed E-state index contributed by atoms with van der Waals surface area (Å²) < 4.78 is 40.3. The summed E-state index contributed by atoms with van der Waals surface area (Å²) in [6.07, 6.45) is 5.71. The average molecular weight is 519 g/mol. The molecule has 9 heteroatoms. The first kappa shape index (κ1) is 25.9. The molecule has 0 bridgehead atoms. The number of thioether (sulfide) groups is 1. The second kappa shape index (κ2) is 10.8. The number of unbranched alkanes of at least 4 members (excludes halogenated alkanes) is 1. The number of hydrogen-bond acceptors (Lipinski definition) is 7. The molecule has 0 amide bonds. The first-order valence-corrected chi connectivity index (χ1v) is 14.7. The van der Waals surface area contributed by atoms with Crippen LogP contribution in [0, 0.1) is 5.92 Å². The maximum atomic E-state index is 13.9. The van der Waals surface area contributed by atoms with Gasteiger partial charge in [-0.25, -0.2) is 8.42 Å². The lowest BCUT2D eigenvalue weighted by atomic mass is 9.82. The van der Waals surface area contributed by atoms with Gasteiger partial charge in [0.15, 0.2) is 0 Å². The summed E-state index contributed by atoms with van der Waals surface area (Å²) in [7, 11) is -0.674. The van der Waals surface area contributed by atoms with Crippen molar-refractivity contribution >= 4 is 39.1 Å². The van der Waals surface area contributed by atoms with Crippen LogP contribution in [0.2, 0.25) is 0 Å². The number of rotatable bonds is 8. The SMILES string of the molecule is CCCCC1CN(c2ccccc2)c2cc(SC)c(OC3CC(C(=O)OC)C3)cc2S(=O)(=O)N1C. The van der Waals surface area contributed by atoms with Crippen molar-refractivity contribution < 1.29 is 22.7 Å². The van der Waals surface area contributed by atoms with Crippen LogP contribution in [0.4, 0.5) is 11.4 Å². The number of benzene rings is 2. The van der Waals surface area contributed by atoms with Gasteiger partial charge >= 0.3 is 5.97 Å². The van der Waals surface area contributed by atoms with Crippen LogP contribution in [0.1, 0.15) is 39.0 Å². The van der Waals surface area contributed by atoms with Gasteiger partial charge in [0.25, 0.3) is 0 Å². The van der Waals surface area contributed by atoms with Crippen LogP contribution in [0.5, 0.6) is 5.75 Å². The topological polar surface area (TPSA) is 76.1 Å². The number of hydrogen-bond donors (Lipinski definition) is 0. The van der Waals surface area contributed by atoms with E-state index in [1.807, 2.05) is 42.7 Å². The van der Waals surface area contributed by atoms with Crippen molar-refractivity contribution in [1.29, 1.82) is 0 Å². The number of methoxy groups -OCH3 is 1. The Morgan fingerprint density at radius 3 is 2.51 bits per heavy atom. The van der Waals surface area contributed by atoms with Crippen molar-refractivity contribution in [3.8, 4) is 5.75 Å². The zero-order chi connectivity index (χ0) is 25.2. The largest absolute Gasteiger partial charge is 0.489 e. The Morgan fingerprint density at radius 2 is 1.89 bits per heavy atom. The van der Waals surface area contributed by atoms with Gasteiger partial charge in [-0.2, -0.15) is 4.31 Å². The van der Waals surface area contributed by atoms with E-state index in [0.29, 0.717) is 30.8 Å². The maximum Gasteiger partial charge on any atom is 0.308 e. The third-order valence-electron chi connectivity index (χ3n) is 6.98. The number of esters is 1. The number of carbonyl (C=O) groups excluding carboxylic acids is 1. The quantitative estimate of drug-likeness (QED) is 0.357. The molecule has 1 saturated carbocycles. The average Bonchev–Trinajstić information content (AvgIpc) is 2.92. The Hall–Kier alpha value is -2.23. The molecule has 0 aromatic heterocycles. The molecule has 7 nitrogen and oxygen atoms in total. The first-order chi connectivity index (χ1) is 16.8. The van der Waals surface area contributed by atoms with E-state index in [2.05, 4.69) is 11.8 Å². The van der Waals surface area contributed by atoms with Crippen LogP contribution in [0.25, 0.3) is 0 Å². The second-order valence-corrected chi connectivity index (χ2v) is 12.0. The normalized spacial score (nSPS) is 23.7. The summed E-state index contributed by atoms with van der Waals surface area (Å²) in [5.74, 6) is 0.158. The Balaban J connectivity index is 1.76. The van der Waals surface area contributed by atoms with E-state index >= 15 is 0 Å². The van der Waals surface area contributed by atoms with Gasteiger partial charge in [0.2, 0.25) is 10.0 Å². The number of fused-ring (bicyclic) bond motifs is 1. The van der Waals surface area contributed by atoms with Crippen molar-refractivity contribution in [2.45, 2.75) is 61.0 Å². The molecule has 1 heterocycles. The van der Waals surface area contributed by atoms with Crippen molar-refractivity contribution in [3.05, 3.63) is 42.5 Å². The molecule has 2 aromatic rings. The fourth-order valence-corrected chi connectivity index (χ4v) is 6.84. The molecule has 1 aliphatic heterocycles. The number of ether oxygens (including phenoxy) is 2. The number of para-hydroxylation sites is 1. The highest BCUT2D eigenvalue weighted by Crippen LogP contribution is 2.45. The van der Waals surface area contributed by atoms with Gasteiger partial charge in [-0.3, -0.25) is 4.79 Å². The van der Waals surface area contributed by atoms with E-state index in [4.69, 9.17) is 9.47 Å². The maximum absolute atomic E-state index is 13.9. The van der Waals surface area contributed by atoms with Gasteiger partial charge in [-0.05, 0) is 43.7 Å². The van der Waals surface area contributed by atoms with Crippen molar-refractivity contribution in [2.75, 3.05) is 31.9 Å². The molecule has 1 atom stereocenters. The van der Waals surface area contributed by atoms with Crippen LogP contribution < -0.4 is 9.64 Å². The molecule has 1 fully saturated rings. The Bertz CT molecular complexity index is 1150. The molecule has 2 aliphatic rings. The minimum atomic E-state index is -3.75. The van der Waals surface area contributed by atoms with Crippen molar-refractivity contribution in [2.24, 2.45) is 5.92 Å². The molecule has 4 rings (SSSR count). The molecule has 35 heavy (non-hydrogen) atoms. The molecule has 0 N–H and O–H groups in total. The highest BCUT2D eigenvalue weighted by molar-refractivity contribution is 7.98. The van der Waals surface area contributed by atoms with E-state index in [1.165, 1.54) is 23.2 Å². The molecule has 1 unspecified atom stereocenters. The van der Waals surface area contributed by atoms with Gasteiger partial charge in [0.1, 0.15) is 16.7 Å². The van der Waals surface area contributed by atoms with Crippen LogP contribution in [0.3, 0.4) is 0 Å². The molecule has 190 valence electrons. The lowest BCUT2D eigenvalue weighted by Crippen LogP contribution is -2.40. The minimum Gasteiger partial charge on any atom is -0.489 e. The van der Waals surface area contributed by atoms with Gasteiger partial charge < -0.3 is 14.4 Å². The lowest BCUT2D eigenvalue weighted by Gasteiger charge is -2.34. The predicted octanol–water partition coefficient (Wildman–Crippen LogP) is 5.07. The minimum absolute atomic E-state index is 0.142. The Kier molecular flexibility index (Phi) is 7.98. The first-order valence-electron chi connectivity index (χ1n) is 12.1. The van der Waals surface area contributed by atoms with Gasteiger partial charge in [0.05, 0.1) is 23.6 Å². The van der Waals surface area contributed by atoms with E-state index in [0.717, 1.165) is 29.8 Å². The molecule has 2 aromatic carbocycles. The molecule has 0 spiro atoms. The number of likely N-dealkylation sites (N-methyl/N-ethyl adjacent to an activating group) is 1. The van der Waals surface area contributed by atoms with Crippen LogP contribution in [0.15, 0.2) is 52.3 Å². The van der Waals surface area contributed by atoms with Gasteiger partial charge in [-0.15, -0.1) is 11.8 Å². The summed E-state index contributed by atoms with van der Waals surface area (Å²) in [6.45, 7) is 2.69.